The van der Waals surface area contributed by atoms with Crippen LogP contribution in [0.25, 0.3) is 10.9 Å². The molecule has 0 aliphatic heterocycles. The number of anilines is 1. The predicted octanol–water partition coefficient (Wildman–Crippen LogP) is 3.00. The van der Waals surface area contributed by atoms with Crippen molar-refractivity contribution >= 4 is 28.5 Å². The van der Waals surface area contributed by atoms with Crippen LogP contribution in [0.1, 0.15) is 26.4 Å². The van der Waals surface area contributed by atoms with Crippen molar-refractivity contribution in [1.29, 1.82) is 5.26 Å². The monoisotopic (exact) mass is 335 g/mol. The number of methoxy groups -OCH3 is 1. The summed E-state index contributed by atoms with van der Waals surface area (Å²) in [6.07, 6.45) is 0. The second-order valence-corrected chi connectivity index (χ2v) is 5.27. The molecule has 0 aliphatic rings. The summed E-state index contributed by atoms with van der Waals surface area (Å²) in [4.78, 5) is 26.7. The zero-order valence-corrected chi connectivity index (χ0v) is 13.2. The third-order valence-electron chi connectivity index (χ3n) is 3.70. The van der Waals surface area contributed by atoms with Crippen LogP contribution in [0, 0.1) is 11.3 Å². The number of rotatable bonds is 4. The Morgan fingerprint density at radius 2 is 2.00 bits per heavy atom. The number of ether oxygens (including phenoxy) is 1. The van der Waals surface area contributed by atoms with Gasteiger partial charge in [-0.1, -0.05) is 0 Å². The Labute approximate surface area is 142 Å². The summed E-state index contributed by atoms with van der Waals surface area (Å²) >= 11 is 0. The number of carbonyl (C=O) groups excluding carboxylic acids is 1. The van der Waals surface area contributed by atoms with Crippen LogP contribution >= 0.6 is 0 Å². The van der Waals surface area contributed by atoms with E-state index < -0.39 is 11.9 Å². The number of H-pyrrole nitrogens is 1. The molecule has 1 amide bonds. The highest BCUT2D eigenvalue weighted by molar-refractivity contribution is 6.09. The molecule has 0 fully saturated rings. The van der Waals surface area contributed by atoms with Crippen molar-refractivity contribution in [1.82, 2.24) is 4.98 Å². The first-order chi connectivity index (χ1) is 12.0. The van der Waals surface area contributed by atoms with Gasteiger partial charge in [-0.15, -0.1) is 0 Å². The van der Waals surface area contributed by atoms with Crippen LogP contribution in [0.5, 0.6) is 5.75 Å². The third kappa shape index (κ3) is 3.14. The third-order valence-corrected chi connectivity index (χ3v) is 3.70. The Balaban J connectivity index is 1.92. The molecule has 0 bridgehead atoms. The van der Waals surface area contributed by atoms with Gasteiger partial charge in [-0.25, -0.2) is 4.79 Å². The van der Waals surface area contributed by atoms with Crippen molar-refractivity contribution < 1.29 is 19.4 Å². The lowest BCUT2D eigenvalue weighted by molar-refractivity contribution is 0.0698. The van der Waals surface area contributed by atoms with E-state index in [2.05, 4.69) is 10.3 Å². The largest absolute Gasteiger partial charge is 0.497 e. The lowest BCUT2D eigenvalue weighted by Crippen LogP contribution is -2.15. The van der Waals surface area contributed by atoms with Crippen molar-refractivity contribution in [2.45, 2.75) is 0 Å². The minimum atomic E-state index is -1.23. The molecular formula is C18H13N3O4. The topological polar surface area (TPSA) is 115 Å². The molecule has 7 heteroatoms. The molecule has 1 aromatic heterocycles. The zero-order chi connectivity index (χ0) is 18.0. The van der Waals surface area contributed by atoms with Crippen molar-refractivity contribution in [2.24, 2.45) is 0 Å². The molecule has 3 aromatic rings. The predicted molar refractivity (Wildman–Crippen MR) is 90.9 cm³/mol. The van der Waals surface area contributed by atoms with Gasteiger partial charge in [-0.05, 0) is 42.5 Å². The van der Waals surface area contributed by atoms with E-state index in [0.717, 1.165) is 10.9 Å². The summed E-state index contributed by atoms with van der Waals surface area (Å²) in [6.45, 7) is 0. The minimum absolute atomic E-state index is 0.118. The van der Waals surface area contributed by atoms with Crippen molar-refractivity contribution in [3.05, 3.63) is 59.3 Å². The summed E-state index contributed by atoms with van der Waals surface area (Å²) in [5.74, 6) is -1.05. The number of hydrogen-bond donors (Lipinski definition) is 3. The van der Waals surface area contributed by atoms with Gasteiger partial charge >= 0.3 is 5.97 Å². The quantitative estimate of drug-likeness (QED) is 0.678. The Kier molecular flexibility index (Phi) is 4.10. The average Bonchev–Trinajstić information content (AvgIpc) is 3.05. The molecule has 0 radical (unpaired) electrons. The molecule has 2 aromatic carbocycles. The first-order valence-corrected chi connectivity index (χ1v) is 7.27. The van der Waals surface area contributed by atoms with Gasteiger partial charge in [0.1, 0.15) is 11.4 Å². The fourth-order valence-corrected chi connectivity index (χ4v) is 2.45. The van der Waals surface area contributed by atoms with Crippen molar-refractivity contribution in [3.8, 4) is 11.8 Å². The number of aromatic nitrogens is 1. The van der Waals surface area contributed by atoms with E-state index in [1.54, 1.807) is 31.4 Å². The Bertz CT molecular complexity index is 1030. The fourth-order valence-electron chi connectivity index (χ4n) is 2.45. The molecule has 0 unspecified atom stereocenters. The van der Waals surface area contributed by atoms with Crippen LogP contribution in [-0.2, 0) is 0 Å². The summed E-state index contributed by atoms with van der Waals surface area (Å²) < 4.78 is 5.15. The molecule has 124 valence electrons. The molecule has 25 heavy (non-hydrogen) atoms. The van der Waals surface area contributed by atoms with E-state index in [-0.39, 0.29) is 22.5 Å². The van der Waals surface area contributed by atoms with E-state index in [1.165, 1.54) is 18.2 Å². The average molecular weight is 335 g/mol. The van der Waals surface area contributed by atoms with E-state index in [0.29, 0.717) is 5.75 Å². The van der Waals surface area contributed by atoms with Crippen LogP contribution in [0.4, 0.5) is 5.69 Å². The van der Waals surface area contributed by atoms with Gasteiger partial charge in [-0.3, -0.25) is 4.79 Å². The van der Waals surface area contributed by atoms with Crippen molar-refractivity contribution in [2.75, 3.05) is 12.4 Å². The molecule has 0 aliphatic carbocycles. The highest BCUT2D eigenvalue weighted by Gasteiger charge is 2.16. The van der Waals surface area contributed by atoms with Gasteiger partial charge in [0.2, 0.25) is 0 Å². The molecule has 0 saturated carbocycles. The number of hydrogen-bond acceptors (Lipinski definition) is 4. The van der Waals surface area contributed by atoms with Crippen LogP contribution in [0.3, 0.4) is 0 Å². The van der Waals surface area contributed by atoms with Crippen LogP contribution in [0.2, 0.25) is 0 Å². The minimum Gasteiger partial charge on any atom is -0.497 e. The maximum absolute atomic E-state index is 12.4. The SMILES string of the molecule is COc1ccc2[nH]c(C(=O)Nc3ccc(C#N)cc3C(=O)O)cc2c1. The zero-order valence-electron chi connectivity index (χ0n) is 13.2. The standard InChI is InChI=1S/C18H13N3O4/c1-25-12-3-5-14-11(7-12)8-16(20-14)17(22)21-15-4-2-10(9-19)6-13(15)18(23)24/h2-8,20H,1H3,(H,21,22)(H,23,24). The van der Waals surface area contributed by atoms with Crippen LogP contribution in [-0.4, -0.2) is 29.1 Å². The second kappa shape index (κ2) is 6.37. The smallest absolute Gasteiger partial charge is 0.337 e. The molecule has 7 nitrogen and oxygen atoms in total. The molecule has 3 rings (SSSR count). The number of fused-ring (bicyclic) bond motifs is 1. The number of nitrogens with one attached hydrogen (secondary N) is 2. The molecule has 1 heterocycles. The number of carbonyl (C=O) groups is 2. The highest BCUT2D eigenvalue weighted by Crippen LogP contribution is 2.23. The number of aromatic amines is 1. The summed E-state index contributed by atoms with van der Waals surface area (Å²) in [6, 6.07) is 12.9. The lowest BCUT2D eigenvalue weighted by atomic mass is 10.1. The summed E-state index contributed by atoms with van der Waals surface area (Å²) in [5, 5.41) is 21.5. The number of aromatic carboxylic acids is 1. The van der Waals surface area contributed by atoms with Gasteiger partial charge in [0.15, 0.2) is 0 Å². The lowest BCUT2D eigenvalue weighted by Gasteiger charge is -2.07. The number of carboxylic acids is 1. The first kappa shape index (κ1) is 16.1. The Morgan fingerprint density at radius 1 is 1.20 bits per heavy atom. The van der Waals surface area contributed by atoms with Crippen molar-refractivity contribution in [3.63, 3.8) is 0 Å². The molecule has 3 N–H and O–H groups in total. The molecule has 0 spiro atoms. The van der Waals surface area contributed by atoms with Gasteiger partial charge in [0.25, 0.3) is 5.91 Å². The Morgan fingerprint density at radius 3 is 2.68 bits per heavy atom. The van der Waals surface area contributed by atoms with E-state index >= 15 is 0 Å². The van der Waals surface area contributed by atoms with Crippen LogP contribution in [0.15, 0.2) is 42.5 Å². The van der Waals surface area contributed by atoms with E-state index in [4.69, 9.17) is 10.00 Å². The number of carboxylic acid groups (broad SMARTS) is 1. The normalized spacial score (nSPS) is 10.2. The number of benzene rings is 2. The molecule has 0 saturated heterocycles. The van der Waals surface area contributed by atoms with Crippen LogP contribution < -0.4 is 10.1 Å². The number of nitrogens with zero attached hydrogens (tertiary/aromatic N) is 1. The summed E-state index contributed by atoms with van der Waals surface area (Å²) in [5.41, 5.74) is 1.21. The molecule has 0 atom stereocenters. The maximum Gasteiger partial charge on any atom is 0.337 e. The van der Waals surface area contributed by atoms with Gasteiger partial charge in [0.05, 0.1) is 30.0 Å². The van der Waals surface area contributed by atoms with Gasteiger partial charge < -0.3 is 20.1 Å². The van der Waals surface area contributed by atoms with E-state index in [9.17, 15) is 14.7 Å². The molecular weight excluding hydrogens is 322 g/mol. The fraction of sp³-hybridized carbons (Fsp3) is 0.0556. The Hall–Kier alpha value is -3.79. The van der Waals surface area contributed by atoms with E-state index in [1.807, 2.05) is 6.07 Å². The van der Waals surface area contributed by atoms with Gasteiger partial charge in [-0.2, -0.15) is 5.26 Å². The number of nitriles is 1. The summed E-state index contributed by atoms with van der Waals surface area (Å²) in [7, 11) is 1.56. The second-order valence-electron chi connectivity index (χ2n) is 5.27. The highest BCUT2D eigenvalue weighted by atomic mass is 16.5. The maximum atomic E-state index is 12.4. The number of amides is 1. The van der Waals surface area contributed by atoms with Gasteiger partial charge in [0, 0.05) is 10.9 Å². The first-order valence-electron chi connectivity index (χ1n) is 7.27.